The van der Waals surface area contributed by atoms with Crippen LogP contribution in [0.5, 0.6) is 0 Å². The van der Waals surface area contributed by atoms with Gasteiger partial charge in [0.05, 0.1) is 6.26 Å². The van der Waals surface area contributed by atoms with E-state index in [0.29, 0.717) is 11.2 Å². The molecule has 4 heteroatoms. The van der Waals surface area contributed by atoms with Crippen LogP contribution in [0.4, 0.5) is 0 Å². The lowest BCUT2D eigenvalue weighted by Gasteiger charge is -2.32. The second-order valence-corrected chi connectivity index (χ2v) is 4.87. The van der Waals surface area contributed by atoms with E-state index >= 15 is 0 Å². The van der Waals surface area contributed by atoms with Crippen LogP contribution in [0.1, 0.15) is 19.3 Å². The number of alkyl halides is 1. The highest BCUT2D eigenvalue weighted by Gasteiger charge is 2.29. The number of hydrogen-bond donors (Lipinski definition) is 1. The summed E-state index contributed by atoms with van der Waals surface area (Å²) in [5, 5.41) is 3.96. The molecular formula is C13H16BrNO2. The van der Waals surface area contributed by atoms with Crippen LogP contribution < -0.4 is 5.32 Å². The van der Waals surface area contributed by atoms with Crippen molar-refractivity contribution in [3.8, 4) is 0 Å². The minimum atomic E-state index is -0.205. The lowest BCUT2D eigenvalue weighted by molar-refractivity contribution is -0.140. The summed E-state index contributed by atoms with van der Waals surface area (Å²) >= 11 is 3.23. The van der Waals surface area contributed by atoms with Crippen LogP contribution in [0.15, 0.2) is 36.3 Å². The Kier molecular flexibility index (Phi) is 4.42. The molecular weight excluding hydrogens is 282 g/mol. The minimum absolute atomic E-state index is 0.198. The van der Waals surface area contributed by atoms with E-state index in [2.05, 4.69) is 33.4 Å². The molecule has 2 unspecified atom stereocenters. The van der Waals surface area contributed by atoms with E-state index in [9.17, 15) is 4.79 Å². The molecule has 1 fully saturated rings. The SMILES string of the molecule is O=C(OC=CCBr)C1CCC2CC=CC=C2N1. The summed E-state index contributed by atoms with van der Waals surface area (Å²) in [6.45, 7) is 0. The van der Waals surface area contributed by atoms with E-state index in [1.807, 2.05) is 6.08 Å². The molecule has 0 amide bonds. The van der Waals surface area contributed by atoms with E-state index in [4.69, 9.17) is 4.74 Å². The number of nitrogens with one attached hydrogen (secondary N) is 1. The van der Waals surface area contributed by atoms with Crippen LogP contribution in [-0.4, -0.2) is 17.3 Å². The van der Waals surface area contributed by atoms with E-state index in [0.717, 1.165) is 19.3 Å². The van der Waals surface area contributed by atoms with Gasteiger partial charge in [-0.05, 0) is 31.4 Å². The number of halogens is 1. The topological polar surface area (TPSA) is 38.3 Å². The molecule has 92 valence electrons. The molecule has 0 spiro atoms. The first-order valence-electron chi connectivity index (χ1n) is 5.86. The number of carbonyl (C=O) groups excluding carboxylic acids is 1. The Morgan fingerprint density at radius 2 is 2.47 bits per heavy atom. The Morgan fingerprint density at radius 1 is 1.59 bits per heavy atom. The molecule has 1 N–H and O–H groups in total. The van der Waals surface area contributed by atoms with Gasteiger partial charge in [0.2, 0.25) is 0 Å². The fourth-order valence-electron chi connectivity index (χ4n) is 2.17. The highest BCUT2D eigenvalue weighted by molar-refractivity contribution is 9.09. The number of allylic oxidation sites excluding steroid dienone is 5. The van der Waals surface area contributed by atoms with Gasteiger partial charge >= 0.3 is 5.97 Å². The number of esters is 1. The Balaban J connectivity index is 1.90. The first kappa shape index (κ1) is 12.4. The highest BCUT2D eigenvalue weighted by atomic mass is 79.9. The quantitative estimate of drug-likeness (QED) is 0.494. The van der Waals surface area contributed by atoms with Crippen LogP contribution in [-0.2, 0) is 9.53 Å². The summed E-state index contributed by atoms with van der Waals surface area (Å²) in [5.74, 6) is 0.359. The van der Waals surface area contributed by atoms with Crippen molar-refractivity contribution in [2.24, 2.45) is 5.92 Å². The van der Waals surface area contributed by atoms with Gasteiger partial charge < -0.3 is 10.1 Å². The Hall–Kier alpha value is -1.03. The van der Waals surface area contributed by atoms with E-state index < -0.39 is 0 Å². The molecule has 1 aliphatic carbocycles. The van der Waals surface area contributed by atoms with Gasteiger partial charge in [0.15, 0.2) is 0 Å². The van der Waals surface area contributed by atoms with Crippen molar-refractivity contribution in [3.63, 3.8) is 0 Å². The van der Waals surface area contributed by atoms with Crippen LogP contribution in [0.3, 0.4) is 0 Å². The molecule has 2 rings (SSSR count). The standard InChI is InChI=1S/C13H16BrNO2/c14-8-3-9-17-13(16)12-7-6-10-4-1-2-5-11(10)15-12/h1-3,5,9-10,12,15H,4,6-8H2. The number of hydrogen-bond acceptors (Lipinski definition) is 3. The summed E-state index contributed by atoms with van der Waals surface area (Å²) in [7, 11) is 0. The number of fused-ring (bicyclic) bond motifs is 1. The Morgan fingerprint density at radius 3 is 3.29 bits per heavy atom. The number of piperidine rings is 1. The predicted molar refractivity (Wildman–Crippen MR) is 70.5 cm³/mol. The van der Waals surface area contributed by atoms with Crippen LogP contribution in [0.25, 0.3) is 0 Å². The molecule has 0 radical (unpaired) electrons. The van der Waals surface area contributed by atoms with Crippen molar-refractivity contribution in [2.75, 3.05) is 5.33 Å². The van der Waals surface area contributed by atoms with Gasteiger partial charge in [0, 0.05) is 16.9 Å². The van der Waals surface area contributed by atoms with Gasteiger partial charge in [-0.3, -0.25) is 0 Å². The summed E-state index contributed by atoms with van der Waals surface area (Å²) in [6, 6.07) is -0.205. The maximum atomic E-state index is 11.8. The second kappa shape index (κ2) is 6.05. The average Bonchev–Trinajstić information content (AvgIpc) is 2.38. The first-order chi connectivity index (χ1) is 8.31. The van der Waals surface area contributed by atoms with Crippen molar-refractivity contribution >= 4 is 21.9 Å². The normalized spacial score (nSPS) is 27.2. The number of ether oxygens (including phenoxy) is 1. The Bertz CT molecular complexity index is 374. The molecule has 2 atom stereocenters. The van der Waals surface area contributed by atoms with Crippen molar-refractivity contribution < 1.29 is 9.53 Å². The zero-order valence-corrected chi connectivity index (χ0v) is 11.2. The third-order valence-corrected chi connectivity index (χ3v) is 3.44. The van der Waals surface area contributed by atoms with E-state index in [-0.39, 0.29) is 12.0 Å². The van der Waals surface area contributed by atoms with Crippen molar-refractivity contribution in [1.82, 2.24) is 5.32 Å². The maximum Gasteiger partial charge on any atom is 0.333 e. The summed E-state index contributed by atoms with van der Waals surface area (Å²) < 4.78 is 5.04. The minimum Gasteiger partial charge on any atom is -0.433 e. The van der Waals surface area contributed by atoms with Crippen LogP contribution >= 0.6 is 15.9 Å². The maximum absolute atomic E-state index is 11.8. The van der Waals surface area contributed by atoms with Gasteiger partial charge in [-0.15, -0.1) is 0 Å². The molecule has 0 aromatic carbocycles. The molecule has 1 heterocycles. The smallest absolute Gasteiger partial charge is 0.333 e. The number of carbonyl (C=O) groups is 1. The number of rotatable bonds is 3. The van der Waals surface area contributed by atoms with E-state index in [1.54, 1.807) is 6.08 Å². The van der Waals surface area contributed by atoms with Gasteiger partial charge in [-0.2, -0.15) is 0 Å². The summed E-state index contributed by atoms with van der Waals surface area (Å²) in [4.78, 5) is 11.8. The van der Waals surface area contributed by atoms with Gasteiger partial charge in [0.1, 0.15) is 6.04 Å². The van der Waals surface area contributed by atoms with Crippen molar-refractivity contribution in [2.45, 2.75) is 25.3 Å². The fourth-order valence-corrected chi connectivity index (χ4v) is 2.32. The average molecular weight is 298 g/mol. The molecule has 1 saturated heterocycles. The van der Waals surface area contributed by atoms with Gasteiger partial charge in [0.25, 0.3) is 0 Å². The first-order valence-corrected chi connectivity index (χ1v) is 6.98. The van der Waals surface area contributed by atoms with Crippen LogP contribution in [0, 0.1) is 5.92 Å². The predicted octanol–water partition coefficient (Wildman–Crippen LogP) is 2.65. The van der Waals surface area contributed by atoms with Crippen molar-refractivity contribution in [1.29, 1.82) is 0 Å². The molecule has 0 aromatic heterocycles. The molecule has 0 bridgehead atoms. The third-order valence-electron chi connectivity index (χ3n) is 3.07. The largest absolute Gasteiger partial charge is 0.433 e. The monoisotopic (exact) mass is 297 g/mol. The zero-order valence-electron chi connectivity index (χ0n) is 9.56. The van der Waals surface area contributed by atoms with E-state index in [1.165, 1.54) is 12.0 Å². The zero-order chi connectivity index (χ0) is 12.1. The Labute approximate surface area is 110 Å². The van der Waals surface area contributed by atoms with Crippen LogP contribution in [0.2, 0.25) is 0 Å². The lowest BCUT2D eigenvalue weighted by Crippen LogP contribution is -2.43. The highest BCUT2D eigenvalue weighted by Crippen LogP contribution is 2.29. The molecule has 17 heavy (non-hydrogen) atoms. The summed E-state index contributed by atoms with van der Waals surface area (Å²) in [5.41, 5.74) is 1.17. The molecule has 2 aliphatic rings. The third kappa shape index (κ3) is 3.22. The summed E-state index contributed by atoms with van der Waals surface area (Å²) in [6.07, 6.45) is 12.4. The molecule has 1 aliphatic heterocycles. The molecule has 3 nitrogen and oxygen atoms in total. The van der Waals surface area contributed by atoms with Gasteiger partial charge in [-0.1, -0.05) is 28.1 Å². The second-order valence-electron chi connectivity index (χ2n) is 4.22. The fraction of sp³-hybridized carbons (Fsp3) is 0.462. The lowest BCUT2D eigenvalue weighted by atomic mass is 9.86. The molecule has 0 aromatic rings. The van der Waals surface area contributed by atoms with Crippen molar-refractivity contribution in [3.05, 3.63) is 36.3 Å². The van der Waals surface area contributed by atoms with Gasteiger partial charge in [-0.25, -0.2) is 4.79 Å². The molecule has 0 saturated carbocycles.